The fraction of sp³-hybridized carbons (Fsp3) is 0.348. The van der Waals surface area contributed by atoms with E-state index in [0.29, 0.717) is 30.9 Å². The summed E-state index contributed by atoms with van der Waals surface area (Å²) < 4.78 is 10.6. The molecule has 0 aliphatic carbocycles. The molecular formula is C23H27N3O5. The standard InChI is InChI=1S/C23H27N3O5/c1-4-31-19-8-6-5-7-18(19)24-20(27)15-26-21(28)23(2,25-22(26)29)14-13-16-9-11-17(30-3)12-10-16/h5-12H,4,13-15H2,1-3H3,(H,24,27)(H,25,29)/t23-/m0/s1. The molecule has 1 aliphatic rings. The van der Waals surface area contributed by atoms with Crippen LogP contribution in [0.2, 0.25) is 0 Å². The highest BCUT2D eigenvalue weighted by atomic mass is 16.5. The van der Waals surface area contributed by atoms with Crippen molar-refractivity contribution in [1.29, 1.82) is 0 Å². The number of benzene rings is 2. The van der Waals surface area contributed by atoms with Crippen molar-refractivity contribution in [2.45, 2.75) is 32.2 Å². The molecule has 1 aliphatic heterocycles. The zero-order valence-corrected chi connectivity index (χ0v) is 17.9. The zero-order chi connectivity index (χ0) is 22.4. The number of carbonyl (C=O) groups is 3. The van der Waals surface area contributed by atoms with Gasteiger partial charge in [-0.2, -0.15) is 0 Å². The third-order valence-electron chi connectivity index (χ3n) is 5.18. The minimum absolute atomic E-state index is 0.372. The van der Waals surface area contributed by atoms with Gasteiger partial charge in [-0.15, -0.1) is 0 Å². The smallest absolute Gasteiger partial charge is 0.325 e. The van der Waals surface area contributed by atoms with Crippen LogP contribution in [0.15, 0.2) is 48.5 Å². The van der Waals surface area contributed by atoms with Crippen LogP contribution in [0.1, 0.15) is 25.8 Å². The molecule has 2 aromatic rings. The van der Waals surface area contributed by atoms with Crippen molar-refractivity contribution >= 4 is 23.5 Å². The molecule has 0 saturated carbocycles. The molecule has 1 saturated heterocycles. The van der Waals surface area contributed by atoms with E-state index in [1.807, 2.05) is 31.2 Å². The number of nitrogens with one attached hydrogen (secondary N) is 2. The normalized spacial score (nSPS) is 18.0. The van der Waals surface area contributed by atoms with Crippen molar-refractivity contribution < 1.29 is 23.9 Å². The number of carbonyl (C=O) groups excluding carboxylic acids is 3. The third-order valence-corrected chi connectivity index (χ3v) is 5.18. The summed E-state index contributed by atoms with van der Waals surface area (Å²) in [5.74, 6) is 0.387. The van der Waals surface area contributed by atoms with Gasteiger partial charge in [-0.25, -0.2) is 4.79 Å². The first kappa shape index (κ1) is 22.1. The molecule has 0 bridgehead atoms. The van der Waals surface area contributed by atoms with E-state index in [2.05, 4.69) is 10.6 Å². The number of methoxy groups -OCH3 is 1. The summed E-state index contributed by atoms with van der Waals surface area (Å²) in [6, 6.07) is 14.0. The van der Waals surface area contributed by atoms with Crippen molar-refractivity contribution in [2.24, 2.45) is 0 Å². The van der Waals surface area contributed by atoms with Gasteiger partial charge < -0.3 is 20.1 Å². The van der Waals surface area contributed by atoms with Gasteiger partial charge in [0.2, 0.25) is 5.91 Å². The summed E-state index contributed by atoms with van der Waals surface area (Å²) in [6.07, 6.45) is 1.00. The largest absolute Gasteiger partial charge is 0.497 e. The summed E-state index contributed by atoms with van der Waals surface area (Å²) in [5, 5.41) is 5.44. The van der Waals surface area contributed by atoms with E-state index in [1.165, 1.54) is 0 Å². The first-order valence-corrected chi connectivity index (χ1v) is 10.1. The van der Waals surface area contributed by atoms with Gasteiger partial charge in [0.1, 0.15) is 23.6 Å². The van der Waals surface area contributed by atoms with Crippen LogP contribution in [0.4, 0.5) is 10.5 Å². The van der Waals surface area contributed by atoms with Gasteiger partial charge >= 0.3 is 6.03 Å². The van der Waals surface area contributed by atoms with E-state index < -0.39 is 23.4 Å². The van der Waals surface area contributed by atoms with Gasteiger partial charge in [-0.3, -0.25) is 14.5 Å². The number of amides is 4. The van der Waals surface area contributed by atoms with E-state index in [1.54, 1.807) is 38.3 Å². The highest BCUT2D eigenvalue weighted by molar-refractivity contribution is 6.10. The van der Waals surface area contributed by atoms with Gasteiger partial charge in [-0.05, 0) is 56.5 Å². The van der Waals surface area contributed by atoms with Crippen molar-refractivity contribution in [3.05, 3.63) is 54.1 Å². The maximum atomic E-state index is 12.9. The number of rotatable bonds is 9. The van der Waals surface area contributed by atoms with Crippen molar-refractivity contribution in [3.8, 4) is 11.5 Å². The molecule has 1 atom stereocenters. The first-order chi connectivity index (χ1) is 14.9. The second kappa shape index (κ2) is 9.51. The number of urea groups is 1. The third kappa shape index (κ3) is 5.14. The van der Waals surface area contributed by atoms with Crippen LogP contribution >= 0.6 is 0 Å². The molecule has 0 unspecified atom stereocenters. The van der Waals surface area contributed by atoms with Crippen LogP contribution < -0.4 is 20.1 Å². The Bertz CT molecular complexity index is 960. The lowest BCUT2D eigenvalue weighted by Gasteiger charge is -2.21. The van der Waals surface area contributed by atoms with Crippen LogP contribution in [0.25, 0.3) is 0 Å². The first-order valence-electron chi connectivity index (χ1n) is 10.1. The number of anilines is 1. The molecule has 164 valence electrons. The molecule has 1 heterocycles. The second-order valence-electron chi connectivity index (χ2n) is 7.48. The number of ether oxygens (including phenoxy) is 2. The summed E-state index contributed by atoms with van der Waals surface area (Å²) in [5.41, 5.74) is 0.442. The number of hydrogen-bond donors (Lipinski definition) is 2. The average molecular weight is 425 g/mol. The lowest BCUT2D eigenvalue weighted by atomic mass is 9.93. The number of nitrogens with zero attached hydrogens (tertiary/aromatic N) is 1. The number of aryl methyl sites for hydroxylation is 1. The summed E-state index contributed by atoms with van der Waals surface area (Å²) in [4.78, 5) is 38.8. The SMILES string of the molecule is CCOc1ccccc1NC(=O)CN1C(=O)N[C@@](C)(CCc2ccc(OC)cc2)C1=O. The highest BCUT2D eigenvalue weighted by Gasteiger charge is 2.47. The Kier molecular flexibility index (Phi) is 6.79. The van der Waals surface area contributed by atoms with Crippen LogP contribution in [0.3, 0.4) is 0 Å². The van der Waals surface area contributed by atoms with Crippen molar-refractivity contribution in [1.82, 2.24) is 10.2 Å². The Morgan fingerprint density at radius 1 is 1.13 bits per heavy atom. The van der Waals surface area contributed by atoms with Crippen LogP contribution in [-0.4, -0.2) is 48.5 Å². The molecule has 0 aromatic heterocycles. The molecule has 1 fully saturated rings. The molecule has 0 spiro atoms. The van der Waals surface area contributed by atoms with Crippen LogP contribution in [0.5, 0.6) is 11.5 Å². The Balaban J connectivity index is 1.61. The maximum absolute atomic E-state index is 12.9. The molecule has 2 N–H and O–H groups in total. The molecule has 3 rings (SSSR count). The lowest BCUT2D eigenvalue weighted by molar-refractivity contribution is -0.133. The van der Waals surface area contributed by atoms with Gasteiger partial charge in [0.25, 0.3) is 5.91 Å². The Labute approximate surface area is 181 Å². The quantitative estimate of drug-likeness (QED) is 0.602. The number of para-hydroxylation sites is 2. The topological polar surface area (TPSA) is 97.0 Å². The Hall–Kier alpha value is -3.55. The maximum Gasteiger partial charge on any atom is 0.325 e. The highest BCUT2D eigenvalue weighted by Crippen LogP contribution is 2.26. The monoisotopic (exact) mass is 425 g/mol. The van der Waals surface area contributed by atoms with E-state index >= 15 is 0 Å². The molecule has 0 radical (unpaired) electrons. The van der Waals surface area contributed by atoms with Crippen molar-refractivity contribution in [2.75, 3.05) is 25.6 Å². The fourth-order valence-corrected chi connectivity index (χ4v) is 3.43. The van der Waals surface area contributed by atoms with Gasteiger partial charge in [-0.1, -0.05) is 24.3 Å². The average Bonchev–Trinajstić information content (AvgIpc) is 2.97. The minimum Gasteiger partial charge on any atom is -0.497 e. The second-order valence-corrected chi connectivity index (χ2v) is 7.48. The fourth-order valence-electron chi connectivity index (χ4n) is 3.43. The van der Waals surface area contributed by atoms with E-state index in [-0.39, 0.29) is 6.54 Å². The molecule has 31 heavy (non-hydrogen) atoms. The van der Waals surface area contributed by atoms with Crippen LogP contribution in [-0.2, 0) is 16.0 Å². The Morgan fingerprint density at radius 2 is 1.84 bits per heavy atom. The summed E-state index contributed by atoms with van der Waals surface area (Å²) >= 11 is 0. The van der Waals surface area contributed by atoms with Crippen molar-refractivity contribution in [3.63, 3.8) is 0 Å². The minimum atomic E-state index is -1.07. The Morgan fingerprint density at radius 3 is 2.52 bits per heavy atom. The molecule has 8 nitrogen and oxygen atoms in total. The molecule has 8 heteroatoms. The van der Waals surface area contributed by atoms with Gasteiger partial charge in [0.15, 0.2) is 0 Å². The van der Waals surface area contributed by atoms with E-state index in [0.717, 1.165) is 16.2 Å². The van der Waals surface area contributed by atoms with E-state index in [4.69, 9.17) is 9.47 Å². The number of hydrogen-bond acceptors (Lipinski definition) is 5. The molecule has 2 aromatic carbocycles. The predicted octanol–water partition coefficient (Wildman–Crippen LogP) is 2.98. The number of imide groups is 1. The predicted molar refractivity (Wildman–Crippen MR) is 116 cm³/mol. The van der Waals surface area contributed by atoms with Crippen LogP contribution in [0, 0.1) is 0 Å². The van der Waals surface area contributed by atoms with Gasteiger partial charge in [0.05, 0.1) is 19.4 Å². The summed E-state index contributed by atoms with van der Waals surface area (Å²) in [7, 11) is 1.60. The molecular weight excluding hydrogens is 398 g/mol. The lowest BCUT2D eigenvalue weighted by Crippen LogP contribution is -2.45. The zero-order valence-electron chi connectivity index (χ0n) is 17.9. The molecule has 4 amide bonds. The van der Waals surface area contributed by atoms with Gasteiger partial charge in [0, 0.05) is 0 Å². The van der Waals surface area contributed by atoms with E-state index in [9.17, 15) is 14.4 Å². The summed E-state index contributed by atoms with van der Waals surface area (Å²) in [6.45, 7) is 3.60.